The van der Waals surface area contributed by atoms with E-state index in [9.17, 15) is 14.2 Å². The number of hydrogen-bond acceptors (Lipinski definition) is 7. The van der Waals surface area contributed by atoms with E-state index < -0.39 is 12.2 Å². The number of rotatable bonds is 33. The zero-order valence-corrected chi connectivity index (χ0v) is 31.6. The second-order valence-corrected chi connectivity index (χ2v) is 13.3. The maximum Gasteiger partial charge on any atom is 0.209 e. The summed E-state index contributed by atoms with van der Waals surface area (Å²) in [6.07, 6.45) is 20.1. The second-order valence-electron chi connectivity index (χ2n) is 12.6. The Morgan fingerprint density at radius 1 is 0.604 bits per heavy atom. The highest BCUT2D eigenvalue weighted by molar-refractivity contribution is 7.34. The Balaban J connectivity index is 3.74. The van der Waals surface area contributed by atoms with Gasteiger partial charge in [-0.3, -0.25) is 14.2 Å². The fraction of sp³-hybridized carbons (Fsp3) is 0.700. The largest absolute Gasteiger partial charge is 0.490 e. The molecule has 0 aliphatic heterocycles. The van der Waals surface area contributed by atoms with Crippen LogP contribution in [0.4, 0.5) is 0 Å². The van der Waals surface area contributed by atoms with Crippen LogP contribution < -0.4 is 24.3 Å². The van der Waals surface area contributed by atoms with E-state index in [0.717, 1.165) is 116 Å². The molecule has 0 radical (unpaired) electrons. The molecule has 1 aromatic rings. The summed E-state index contributed by atoms with van der Waals surface area (Å²) < 4.78 is 38.5. The maximum atomic E-state index is 13.2. The lowest BCUT2D eigenvalue weighted by molar-refractivity contribution is -0.122. The van der Waals surface area contributed by atoms with E-state index in [1.807, 2.05) is 0 Å². The molecule has 0 fully saturated rings. The minimum absolute atomic E-state index is 0.150. The number of benzene rings is 1. The molecule has 0 heterocycles. The third kappa shape index (κ3) is 17.1. The van der Waals surface area contributed by atoms with Gasteiger partial charge in [-0.25, -0.2) is 0 Å². The fourth-order valence-electron chi connectivity index (χ4n) is 5.47. The predicted octanol–water partition coefficient (Wildman–Crippen LogP) is 11.2. The number of ether oxygens (including phenoxy) is 4. The summed E-state index contributed by atoms with van der Waals surface area (Å²) in [7, 11) is -0.285. The van der Waals surface area contributed by atoms with E-state index in [2.05, 4.69) is 40.9 Å². The van der Waals surface area contributed by atoms with Gasteiger partial charge in [0.2, 0.25) is 11.5 Å². The van der Waals surface area contributed by atoms with Crippen LogP contribution in [0.3, 0.4) is 0 Å². The molecule has 0 N–H and O–H groups in total. The van der Waals surface area contributed by atoms with Crippen molar-refractivity contribution in [3.63, 3.8) is 0 Å². The second kappa shape index (κ2) is 28.2. The Kier molecular flexibility index (Phi) is 25.5. The quantitative estimate of drug-likeness (QED) is 0.0412. The lowest BCUT2D eigenvalue weighted by Gasteiger charge is -2.26. The van der Waals surface area contributed by atoms with Crippen molar-refractivity contribution in [2.45, 2.75) is 168 Å². The van der Waals surface area contributed by atoms with Crippen LogP contribution in [0, 0.1) is 0 Å². The fourth-order valence-corrected chi connectivity index (χ4v) is 5.89. The molecule has 2 unspecified atom stereocenters. The van der Waals surface area contributed by atoms with Crippen LogP contribution >= 0.6 is 8.46 Å². The van der Waals surface area contributed by atoms with Crippen molar-refractivity contribution in [3.8, 4) is 23.0 Å². The van der Waals surface area contributed by atoms with Gasteiger partial charge in [-0.05, 0) is 50.7 Å². The van der Waals surface area contributed by atoms with Gasteiger partial charge in [-0.1, -0.05) is 131 Å². The lowest BCUT2D eigenvalue weighted by Crippen LogP contribution is -2.29. The normalized spacial score (nSPS) is 12.3. The van der Waals surface area contributed by atoms with Gasteiger partial charge in [0.15, 0.2) is 43.7 Å². The Morgan fingerprint density at radius 3 is 1.46 bits per heavy atom. The van der Waals surface area contributed by atoms with Crippen LogP contribution in [-0.2, 0) is 14.2 Å². The molecule has 0 amide bonds. The molecule has 7 nitrogen and oxygen atoms in total. The summed E-state index contributed by atoms with van der Waals surface area (Å²) in [6.45, 7) is 16.9. The van der Waals surface area contributed by atoms with Crippen molar-refractivity contribution in [1.29, 1.82) is 0 Å². The monoisotopic (exact) mass is 688 g/mol. The number of carbonyl (C=O) groups is 2. The minimum atomic E-state index is -0.854. The topological polar surface area (TPSA) is 88.1 Å². The van der Waals surface area contributed by atoms with E-state index in [4.69, 9.17) is 18.9 Å². The van der Waals surface area contributed by atoms with E-state index in [1.54, 1.807) is 6.07 Å². The number of ketones is 2. The van der Waals surface area contributed by atoms with Gasteiger partial charge >= 0.3 is 0 Å². The van der Waals surface area contributed by atoms with Gasteiger partial charge in [0.1, 0.15) is 0 Å². The van der Waals surface area contributed by atoms with Crippen LogP contribution in [0.15, 0.2) is 31.4 Å². The summed E-state index contributed by atoms with van der Waals surface area (Å²) in [5, 5.41) is 0.345. The first-order valence-electron chi connectivity index (χ1n) is 18.9. The Hall–Kier alpha value is -2.66. The lowest BCUT2D eigenvalue weighted by atomic mass is 10.1. The molecule has 272 valence electrons. The van der Waals surface area contributed by atoms with Crippen molar-refractivity contribution in [2.24, 2.45) is 0 Å². The minimum Gasteiger partial charge on any atom is -0.490 e. The Bertz CT molecular complexity index is 1070. The third-order valence-electron chi connectivity index (χ3n) is 8.43. The van der Waals surface area contributed by atoms with Crippen LogP contribution in [0.2, 0.25) is 0 Å². The van der Waals surface area contributed by atoms with Crippen molar-refractivity contribution in [1.82, 2.24) is 0 Å². The first-order valence-corrected chi connectivity index (χ1v) is 19.7. The summed E-state index contributed by atoms with van der Waals surface area (Å²) >= 11 is 0. The van der Waals surface area contributed by atoms with Gasteiger partial charge < -0.3 is 18.9 Å². The molecular formula is C40H65O7P. The van der Waals surface area contributed by atoms with Crippen molar-refractivity contribution in [3.05, 3.63) is 31.4 Å². The molecule has 0 aliphatic rings. The van der Waals surface area contributed by atoms with E-state index in [-0.39, 0.29) is 37.3 Å². The molecule has 0 aliphatic carbocycles. The summed E-state index contributed by atoms with van der Waals surface area (Å²) in [5.41, 5.74) is 0. The third-order valence-corrected chi connectivity index (χ3v) is 8.96. The first kappa shape index (κ1) is 43.4. The molecule has 1 rings (SSSR count). The van der Waals surface area contributed by atoms with Crippen LogP contribution in [0.25, 0.3) is 0 Å². The average molecular weight is 689 g/mol. The van der Waals surface area contributed by atoms with Crippen LogP contribution in [-0.4, -0.2) is 37.0 Å². The van der Waals surface area contributed by atoms with Gasteiger partial charge in [0.25, 0.3) is 0 Å². The summed E-state index contributed by atoms with van der Waals surface area (Å²) in [5.74, 6) is 0.411. The molecule has 0 saturated carbocycles. The predicted molar refractivity (Wildman–Crippen MR) is 199 cm³/mol. The molecule has 8 heteroatoms. The molecule has 0 aromatic heterocycles. The van der Waals surface area contributed by atoms with Crippen molar-refractivity contribution < 1.29 is 33.1 Å². The standard InChI is InChI=1S/C40H65O7P/c1-7-13-17-21-25-29-44-36-31-37(48-43)39(45-30-26-22-18-14-8-2)40(47-35(33(42)12-6)28-24-20-16-10-4)38(36)46-34(32(41)11-5)27-23-19-15-9-3/h11-12,31,34-35H,5-10,13-30H2,1-4H3. The van der Waals surface area contributed by atoms with Gasteiger partial charge in [0.05, 0.1) is 18.5 Å². The summed E-state index contributed by atoms with van der Waals surface area (Å²) in [6, 6.07) is 1.66. The van der Waals surface area contributed by atoms with Gasteiger partial charge in [-0.2, -0.15) is 0 Å². The Morgan fingerprint density at radius 2 is 1.02 bits per heavy atom. The zero-order chi connectivity index (χ0) is 35.4. The maximum absolute atomic E-state index is 13.2. The number of carbonyl (C=O) groups excluding carboxylic acids is 2. The molecule has 2 atom stereocenters. The highest BCUT2D eigenvalue weighted by Gasteiger charge is 2.31. The summed E-state index contributed by atoms with van der Waals surface area (Å²) in [4.78, 5) is 26.4. The number of unbranched alkanes of at least 4 members (excludes halogenated alkanes) is 14. The van der Waals surface area contributed by atoms with Gasteiger partial charge in [0, 0.05) is 6.07 Å². The smallest absolute Gasteiger partial charge is 0.209 e. The highest BCUT2D eigenvalue weighted by Crippen LogP contribution is 2.47. The molecule has 0 bridgehead atoms. The Labute approximate surface area is 293 Å². The van der Waals surface area contributed by atoms with E-state index >= 15 is 0 Å². The molecule has 0 spiro atoms. The van der Waals surface area contributed by atoms with Crippen LogP contribution in [0.1, 0.15) is 156 Å². The van der Waals surface area contributed by atoms with E-state index in [1.165, 1.54) is 12.2 Å². The highest BCUT2D eigenvalue weighted by atomic mass is 31.1. The number of hydrogen-bond donors (Lipinski definition) is 0. The van der Waals surface area contributed by atoms with Crippen molar-refractivity contribution in [2.75, 3.05) is 13.2 Å². The average Bonchev–Trinajstić information content (AvgIpc) is 3.10. The zero-order valence-electron chi connectivity index (χ0n) is 30.7. The van der Waals surface area contributed by atoms with Gasteiger partial charge in [-0.15, -0.1) is 0 Å². The molecule has 1 aromatic carbocycles. The molecule has 48 heavy (non-hydrogen) atoms. The molecule has 0 saturated heterocycles. The first-order chi connectivity index (χ1) is 23.4. The molecular weight excluding hydrogens is 623 g/mol. The van der Waals surface area contributed by atoms with Crippen molar-refractivity contribution >= 4 is 25.3 Å². The van der Waals surface area contributed by atoms with E-state index in [0.29, 0.717) is 37.1 Å². The SMILES string of the molecule is C=CC(=O)C(CCCCCC)Oc1c(OCCCCCCC)cc(P=O)c(OCCCCCCC)c1OC(CCCCCC)C(=O)C=C. The van der Waals surface area contributed by atoms with Crippen LogP contribution in [0.5, 0.6) is 23.0 Å².